The second kappa shape index (κ2) is 9.24. The Morgan fingerprint density at radius 2 is 2.03 bits per heavy atom. The number of guanidine groups is 1. The Bertz CT molecular complexity index is 960. The predicted octanol–water partition coefficient (Wildman–Crippen LogP) is 3.51. The largest absolute Gasteiger partial charge is 0.384 e. The molecule has 0 radical (unpaired) electrons. The Hall–Kier alpha value is -2.64. The molecule has 0 bridgehead atoms. The summed E-state index contributed by atoms with van der Waals surface area (Å²) in [5.41, 5.74) is 4.14. The highest BCUT2D eigenvalue weighted by Crippen LogP contribution is 2.22. The van der Waals surface area contributed by atoms with Crippen molar-refractivity contribution in [1.29, 1.82) is 0 Å². The summed E-state index contributed by atoms with van der Waals surface area (Å²) in [6.45, 7) is 9.50. The van der Waals surface area contributed by atoms with Crippen LogP contribution in [0, 0.1) is 13.8 Å². The molecule has 0 amide bonds. The lowest BCUT2D eigenvalue weighted by molar-refractivity contribution is 0.0621. The smallest absolute Gasteiger partial charge is 0.191 e. The van der Waals surface area contributed by atoms with Gasteiger partial charge in [-0.1, -0.05) is 18.2 Å². The number of aliphatic hydroxyl groups is 1. The van der Waals surface area contributed by atoms with Gasteiger partial charge in [-0.3, -0.25) is 0 Å². The van der Waals surface area contributed by atoms with Gasteiger partial charge in [-0.05, 0) is 67.8 Å². The lowest BCUT2D eigenvalue weighted by atomic mass is 9.99. The molecule has 1 unspecified atom stereocenters. The first-order chi connectivity index (χ1) is 13.9. The van der Waals surface area contributed by atoms with Crippen molar-refractivity contribution in [3.8, 4) is 5.69 Å². The lowest BCUT2D eigenvalue weighted by Crippen LogP contribution is -2.44. The van der Waals surface area contributed by atoms with Crippen LogP contribution in [0.15, 0.2) is 52.2 Å². The summed E-state index contributed by atoms with van der Waals surface area (Å²) in [6.07, 6.45) is 0. The van der Waals surface area contributed by atoms with E-state index in [1.807, 2.05) is 54.4 Å². The Morgan fingerprint density at radius 1 is 1.24 bits per heavy atom. The number of thiophene rings is 1. The van der Waals surface area contributed by atoms with Crippen LogP contribution in [-0.2, 0) is 12.1 Å². The van der Waals surface area contributed by atoms with Gasteiger partial charge in [0.25, 0.3) is 0 Å². The van der Waals surface area contributed by atoms with Gasteiger partial charge >= 0.3 is 0 Å². The highest BCUT2D eigenvalue weighted by Gasteiger charge is 2.23. The number of aromatic nitrogens is 2. The maximum Gasteiger partial charge on any atom is 0.191 e. The van der Waals surface area contributed by atoms with E-state index in [0.717, 1.165) is 34.7 Å². The van der Waals surface area contributed by atoms with E-state index in [4.69, 9.17) is 4.99 Å². The molecule has 3 N–H and O–H groups in total. The average molecular weight is 412 g/mol. The van der Waals surface area contributed by atoms with E-state index >= 15 is 0 Å². The normalized spacial score (nSPS) is 13.9. The lowest BCUT2D eigenvalue weighted by Gasteiger charge is -2.24. The molecule has 0 aliphatic carbocycles. The highest BCUT2D eigenvalue weighted by molar-refractivity contribution is 7.08. The molecule has 3 aromatic rings. The highest BCUT2D eigenvalue weighted by atomic mass is 32.1. The van der Waals surface area contributed by atoms with Crippen LogP contribution >= 0.6 is 11.3 Å². The van der Waals surface area contributed by atoms with Crippen molar-refractivity contribution in [3.63, 3.8) is 0 Å². The average Bonchev–Trinajstić information content (AvgIpc) is 3.34. The molecule has 2 heterocycles. The molecule has 29 heavy (non-hydrogen) atoms. The molecule has 154 valence electrons. The third-order valence-electron chi connectivity index (χ3n) is 4.72. The van der Waals surface area contributed by atoms with E-state index in [-0.39, 0.29) is 0 Å². The van der Waals surface area contributed by atoms with Crippen molar-refractivity contribution in [3.05, 3.63) is 69.7 Å². The summed E-state index contributed by atoms with van der Waals surface area (Å²) < 4.78 is 1.96. The van der Waals surface area contributed by atoms with E-state index in [1.54, 1.807) is 11.3 Å². The van der Waals surface area contributed by atoms with E-state index < -0.39 is 5.60 Å². The third-order valence-corrected chi connectivity index (χ3v) is 5.41. The Labute approximate surface area is 176 Å². The molecule has 1 aromatic carbocycles. The first-order valence-electron chi connectivity index (χ1n) is 9.79. The molecule has 3 rings (SSSR count). The third kappa shape index (κ3) is 5.25. The summed E-state index contributed by atoms with van der Waals surface area (Å²) in [7, 11) is 0. The van der Waals surface area contributed by atoms with Crippen molar-refractivity contribution < 1.29 is 5.11 Å². The molecule has 0 saturated heterocycles. The summed E-state index contributed by atoms with van der Waals surface area (Å²) >= 11 is 1.58. The van der Waals surface area contributed by atoms with Crippen LogP contribution in [0.2, 0.25) is 0 Å². The zero-order chi connectivity index (χ0) is 20.9. The van der Waals surface area contributed by atoms with E-state index in [0.29, 0.717) is 19.0 Å². The number of hydrogen-bond donors (Lipinski definition) is 3. The monoisotopic (exact) mass is 411 g/mol. The molecular weight excluding hydrogens is 382 g/mol. The standard InChI is InChI=1S/C22H29N5OS/c1-5-23-21(25-15-22(4,28)19-10-11-29-14-19)24-13-18-8-6-7-9-20(18)27-17(3)12-16(2)26-27/h6-12,14,28H,5,13,15H2,1-4H3,(H2,23,24,25). The number of nitrogens with zero attached hydrogens (tertiary/aromatic N) is 3. The van der Waals surface area contributed by atoms with Crippen molar-refractivity contribution >= 4 is 17.3 Å². The first kappa shape index (κ1) is 21.1. The quantitative estimate of drug-likeness (QED) is 0.411. The number of benzene rings is 1. The molecule has 1 atom stereocenters. The second-order valence-corrected chi connectivity index (χ2v) is 8.08. The maximum atomic E-state index is 10.8. The minimum atomic E-state index is -0.961. The number of hydrogen-bond acceptors (Lipinski definition) is 4. The van der Waals surface area contributed by atoms with Crippen LogP contribution in [-0.4, -0.2) is 33.9 Å². The zero-order valence-electron chi connectivity index (χ0n) is 17.4. The summed E-state index contributed by atoms with van der Waals surface area (Å²) in [5.74, 6) is 0.672. The van der Waals surface area contributed by atoms with E-state index in [2.05, 4.69) is 40.9 Å². The van der Waals surface area contributed by atoms with Gasteiger partial charge in [0.1, 0.15) is 5.60 Å². The minimum absolute atomic E-state index is 0.370. The van der Waals surface area contributed by atoms with Gasteiger partial charge in [0.05, 0.1) is 24.5 Å². The Kier molecular flexibility index (Phi) is 6.71. The van der Waals surface area contributed by atoms with Crippen LogP contribution in [0.25, 0.3) is 5.69 Å². The first-order valence-corrected chi connectivity index (χ1v) is 10.7. The topological polar surface area (TPSA) is 74.5 Å². The van der Waals surface area contributed by atoms with Crippen LogP contribution in [0.3, 0.4) is 0 Å². The Balaban J connectivity index is 1.76. The molecule has 0 aliphatic rings. The molecular formula is C22H29N5OS. The van der Waals surface area contributed by atoms with E-state index in [1.165, 1.54) is 0 Å². The predicted molar refractivity (Wildman–Crippen MR) is 120 cm³/mol. The van der Waals surface area contributed by atoms with Crippen molar-refractivity contribution in [1.82, 2.24) is 20.4 Å². The van der Waals surface area contributed by atoms with Gasteiger partial charge in [0.15, 0.2) is 5.96 Å². The summed E-state index contributed by atoms with van der Waals surface area (Å²) in [5, 5.41) is 25.8. The molecule has 2 aromatic heterocycles. The van der Waals surface area contributed by atoms with Gasteiger partial charge in [-0.25, -0.2) is 9.67 Å². The number of para-hydroxylation sites is 1. The summed E-state index contributed by atoms with van der Waals surface area (Å²) in [4.78, 5) is 4.74. The fourth-order valence-corrected chi connectivity index (χ4v) is 3.94. The van der Waals surface area contributed by atoms with Crippen molar-refractivity contribution in [2.24, 2.45) is 4.99 Å². The van der Waals surface area contributed by atoms with E-state index in [9.17, 15) is 5.11 Å². The van der Waals surface area contributed by atoms with Crippen LogP contribution < -0.4 is 10.6 Å². The van der Waals surface area contributed by atoms with Crippen LogP contribution in [0.1, 0.15) is 36.4 Å². The van der Waals surface area contributed by atoms with Crippen molar-refractivity contribution in [2.45, 2.75) is 39.8 Å². The zero-order valence-corrected chi connectivity index (χ0v) is 18.3. The molecule has 0 aliphatic heterocycles. The number of aliphatic imine (C=N–C) groups is 1. The molecule has 0 spiro atoms. The van der Waals surface area contributed by atoms with Crippen molar-refractivity contribution in [2.75, 3.05) is 13.1 Å². The second-order valence-electron chi connectivity index (χ2n) is 7.30. The Morgan fingerprint density at radius 3 is 2.69 bits per heavy atom. The fourth-order valence-electron chi connectivity index (χ4n) is 3.16. The number of nitrogens with one attached hydrogen (secondary N) is 2. The minimum Gasteiger partial charge on any atom is -0.384 e. The van der Waals surface area contributed by atoms with Gasteiger partial charge in [-0.15, -0.1) is 0 Å². The molecule has 6 nitrogen and oxygen atoms in total. The van der Waals surface area contributed by atoms with Gasteiger partial charge in [0.2, 0.25) is 0 Å². The van der Waals surface area contributed by atoms with Gasteiger partial charge < -0.3 is 15.7 Å². The van der Waals surface area contributed by atoms with Crippen LogP contribution in [0.5, 0.6) is 0 Å². The number of rotatable bonds is 7. The molecule has 0 saturated carbocycles. The van der Waals surface area contributed by atoms with Gasteiger partial charge in [-0.2, -0.15) is 16.4 Å². The number of aryl methyl sites for hydroxylation is 2. The molecule has 0 fully saturated rings. The summed E-state index contributed by atoms with van der Waals surface area (Å²) in [6, 6.07) is 12.2. The van der Waals surface area contributed by atoms with Gasteiger partial charge in [0, 0.05) is 12.2 Å². The fraction of sp³-hybridized carbons (Fsp3) is 0.364. The maximum absolute atomic E-state index is 10.8. The SMILES string of the molecule is CCNC(=NCc1ccccc1-n1nc(C)cc1C)NCC(C)(O)c1ccsc1. The van der Waals surface area contributed by atoms with Crippen LogP contribution in [0.4, 0.5) is 0 Å². The molecule has 7 heteroatoms.